The van der Waals surface area contributed by atoms with Crippen molar-refractivity contribution >= 4 is 15.9 Å². The van der Waals surface area contributed by atoms with Gasteiger partial charge in [-0.1, -0.05) is 17.3 Å². The SMILES string of the molecule is Cc1cccc(-n2cc(CNCC3CC3)nn2)c1Br. The third-order valence-corrected chi connectivity index (χ3v) is 4.43. The van der Waals surface area contributed by atoms with Crippen LogP contribution in [0.5, 0.6) is 0 Å². The van der Waals surface area contributed by atoms with Gasteiger partial charge in [-0.25, -0.2) is 4.68 Å². The highest BCUT2D eigenvalue weighted by atomic mass is 79.9. The first-order valence-electron chi connectivity index (χ1n) is 6.61. The Kier molecular flexibility index (Phi) is 3.66. The topological polar surface area (TPSA) is 42.7 Å². The Hall–Kier alpha value is -1.20. The maximum absolute atomic E-state index is 4.21. The lowest BCUT2D eigenvalue weighted by atomic mass is 10.2. The second-order valence-electron chi connectivity index (χ2n) is 5.14. The number of nitrogens with one attached hydrogen (secondary N) is 1. The van der Waals surface area contributed by atoms with Crippen LogP contribution in [0.2, 0.25) is 0 Å². The summed E-state index contributed by atoms with van der Waals surface area (Å²) in [5, 5.41) is 11.8. The van der Waals surface area contributed by atoms with E-state index >= 15 is 0 Å². The Morgan fingerprint density at radius 2 is 2.26 bits per heavy atom. The molecule has 1 saturated carbocycles. The normalized spacial score (nSPS) is 14.8. The molecule has 0 aliphatic heterocycles. The van der Waals surface area contributed by atoms with Crippen LogP contribution in [0.15, 0.2) is 28.9 Å². The molecule has 1 aromatic heterocycles. The highest BCUT2D eigenvalue weighted by molar-refractivity contribution is 9.10. The lowest BCUT2D eigenvalue weighted by Gasteiger charge is -2.05. The van der Waals surface area contributed by atoms with Gasteiger partial charge < -0.3 is 5.32 Å². The molecular formula is C14H17BrN4. The first-order chi connectivity index (χ1) is 9.24. The van der Waals surface area contributed by atoms with Gasteiger partial charge in [0.1, 0.15) is 0 Å². The number of aryl methyl sites for hydroxylation is 1. The molecule has 2 aromatic rings. The van der Waals surface area contributed by atoms with Gasteiger partial charge >= 0.3 is 0 Å². The minimum atomic E-state index is 0.792. The molecule has 19 heavy (non-hydrogen) atoms. The van der Waals surface area contributed by atoms with Crippen molar-refractivity contribution < 1.29 is 0 Å². The van der Waals surface area contributed by atoms with Crippen LogP contribution in [-0.2, 0) is 6.54 Å². The number of nitrogens with zero attached hydrogens (tertiary/aromatic N) is 3. The Bertz CT molecular complexity index is 575. The predicted molar refractivity (Wildman–Crippen MR) is 78.2 cm³/mol. The van der Waals surface area contributed by atoms with E-state index in [1.165, 1.54) is 18.4 Å². The smallest absolute Gasteiger partial charge is 0.0969 e. The molecule has 0 unspecified atom stereocenters. The summed E-state index contributed by atoms with van der Waals surface area (Å²) in [6.07, 6.45) is 4.73. The zero-order chi connectivity index (χ0) is 13.2. The molecule has 100 valence electrons. The monoisotopic (exact) mass is 320 g/mol. The fraction of sp³-hybridized carbons (Fsp3) is 0.429. The van der Waals surface area contributed by atoms with Crippen molar-refractivity contribution in [2.24, 2.45) is 5.92 Å². The lowest BCUT2D eigenvalue weighted by Crippen LogP contribution is -2.16. The molecule has 4 nitrogen and oxygen atoms in total. The van der Waals surface area contributed by atoms with Crippen molar-refractivity contribution in [2.45, 2.75) is 26.3 Å². The molecule has 1 aromatic carbocycles. The van der Waals surface area contributed by atoms with Gasteiger partial charge in [0.15, 0.2) is 0 Å². The van der Waals surface area contributed by atoms with Crippen molar-refractivity contribution in [1.82, 2.24) is 20.3 Å². The van der Waals surface area contributed by atoms with E-state index in [0.717, 1.165) is 34.9 Å². The van der Waals surface area contributed by atoms with Crippen molar-refractivity contribution in [3.8, 4) is 5.69 Å². The maximum atomic E-state index is 4.21. The van der Waals surface area contributed by atoms with E-state index in [0.29, 0.717) is 0 Å². The van der Waals surface area contributed by atoms with E-state index in [1.54, 1.807) is 0 Å². The zero-order valence-electron chi connectivity index (χ0n) is 10.9. The van der Waals surface area contributed by atoms with Gasteiger partial charge in [0.2, 0.25) is 0 Å². The van der Waals surface area contributed by atoms with Gasteiger partial charge in [-0.15, -0.1) is 5.10 Å². The molecule has 0 atom stereocenters. The van der Waals surface area contributed by atoms with E-state index in [4.69, 9.17) is 0 Å². The van der Waals surface area contributed by atoms with Crippen LogP contribution in [-0.4, -0.2) is 21.5 Å². The summed E-state index contributed by atoms with van der Waals surface area (Å²) in [6, 6.07) is 6.14. The van der Waals surface area contributed by atoms with E-state index in [1.807, 2.05) is 23.0 Å². The standard InChI is InChI=1S/C14H17BrN4/c1-10-3-2-4-13(14(10)15)19-9-12(17-18-19)8-16-7-11-5-6-11/h2-4,9,11,16H,5-8H2,1H3. The van der Waals surface area contributed by atoms with Crippen molar-refractivity contribution in [3.63, 3.8) is 0 Å². The minimum absolute atomic E-state index is 0.792. The van der Waals surface area contributed by atoms with Gasteiger partial charge in [-0.2, -0.15) is 0 Å². The lowest BCUT2D eigenvalue weighted by molar-refractivity contribution is 0.628. The van der Waals surface area contributed by atoms with E-state index in [9.17, 15) is 0 Å². The molecule has 5 heteroatoms. The van der Waals surface area contributed by atoms with Crippen LogP contribution in [0.1, 0.15) is 24.1 Å². The maximum Gasteiger partial charge on any atom is 0.0969 e. The third kappa shape index (κ3) is 3.04. The summed E-state index contributed by atoms with van der Waals surface area (Å²) in [7, 11) is 0. The molecule has 0 saturated heterocycles. The highest BCUT2D eigenvalue weighted by Gasteiger charge is 2.20. The number of benzene rings is 1. The Labute approximate surface area is 121 Å². The molecule has 1 fully saturated rings. The van der Waals surface area contributed by atoms with Crippen molar-refractivity contribution in [3.05, 3.63) is 40.1 Å². The van der Waals surface area contributed by atoms with Crippen LogP contribution in [0, 0.1) is 12.8 Å². The van der Waals surface area contributed by atoms with Crippen molar-refractivity contribution in [1.29, 1.82) is 0 Å². The van der Waals surface area contributed by atoms with Crippen molar-refractivity contribution in [2.75, 3.05) is 6.54 Å². The molecule has 3 rings (SSSR count). The van der Waals surface area contributed by atoms with Crippen LogP contribution in [0.4, 0.5) is 0 Å². The fourth-order valence-electron chi connectivity index (χ4n) is 2.03. The van der Waals surface area contributed by atoms with Gasteiger partial charge in [0, 0.05) is 11.0 Å². The molecule has 1 N–H and O–H groups in total. The van der Waals surface area contributed by atoms with E-state index < -0.39 is 0 Å². The van der Waals surface area contributed by atoms with E-state index in [-0.39, 0.29) is 0 Å². The predicted octanol–water partition coefficient (Wildman–Crippen LogP) is 2.84. The zero-order valence-corrected chi connectivity index (χ0v) is 12.5. The summed E-state index contributed by atoms with van der Waals surface area (Å²) < 4.78 is 2.89. The summed E-state index contributed by atoms with van der Waals surface area (Å²) in [6.45, 7) is 3.96. The molecule has 0 radical (unpaired) electrons. The van der Waals surface area contributed by atoms with Crippen LogP contribution >= 0.6 is 15.9 Å². The number of halogens is 1. The largest absolute Gasteiger partial charge is 0.311 e. The summed E-state index contributed by atoms with van der Waals surface area (Å²) in [5.41, 5.74) is 3.21. The Morgan fingerprint density at radius 1 is 1.42 bits per heavy atom. The quantitative estimate of drug-likeness (QED) is 0.921. The van der Waals surface area contributed by atoms with Gasteiger partial charge in [0.05, 0.1) is 17.6 Å². The number of aromatic nitrogens is 3. The molecule has 0 bridgehead atoms. The summed E-state index contributed by atoms with van der Waals surface area (Å²) in [4.78, 5) is 0. The molecule has 0 amide bonds. The highest BCUT2D eigenvalue weighted by Crippen LogP contribution is 2.27. The first kappa shape index (κ1) is 12.8. The average molecular weight is 321 g/mol. The molecule has 1 aliphatic carbocycles. The van der Waals surface area contributed by atoms with Crippen LogP contribution < -0.4 is 5.32 Å². The van der Waals surface area contributed by atoms with Gasteiger partial charge in [0.25, 0.3) is 0 Å². The van der Waals surface area contributed by atoms with Gasteiger partial charge in [-0.3, -0.25) is 0 Å². The number of hydrogen-bond donors (Lipinski definition) is 1. The summed E-state index contributed by atoms with van der Waals surface area (Å²) >= 11 is 3.60. The Balaban J connectivity index is 1.70. The molecule has 1 aliphatic rings. The second kappa shape index (κ2) is 5.43. The number of hydrogen-bond acceptors (Lipinski definition) is 3. The molecule has 0 spiro atoms. The fourth-order valence-corrected chi connectivity index (χ4v) is 2.48. The first-order valence-corrected chi connectivity index (χ1v) is 7.41. The second-order valence-corrected chi connectivity index (χ2v) is 5.93. The third-order valence-electron chi connectivity index (χ3n) is 3.40. The molecular weight excluding hydrogens is 304 g/mol. The Morgan fingerprint density at radius 3 is 3.05 bits per heavy atom. The average Bonchev–Trinajstić information content (AvgIpc) is 3.10. The van der Waals surface area contributed by atoms with Crippen LogP contribution in [0.3, 0.4) is 0 Å². The summed E-state index contributed by atoms with van der Waals surface area (Å²) in [5.74, 6) is 0.890. The van der Waals surface area contributed by atoms with E-state index in [2.05, 4.69) is 44.5 Å². The van der Waals surface area contributed by atoms with Gasteiger partial charge in [-0.05, 0) is 59.8 Å². The molecule has 1 heterocycles. The minimum Gasteiger partial charge on any atom is -0.311 e. The number of rotatable bonds is 5. The van der Waals surface area contributed by atoms with Crippen LogP contribution in [0.25, 0.3) is 5.69 Å².